The van der Waals surface area contributed by atoms with Crippen molar-refractivity contribution in [1.29, 1.82) is 0 Å². The van der Waals surface area contributed by atoms with Gasteiger partial charge >= 0.3 is 0 Å². The molecule has 0 aliphatic carbocycles. The molecule has 0 nitrogen and oxygen atoms in total. The average Bonchev–Trinajstić information content (AvgIpc) is 3.17. The molecule has 0 N–H and O–H groups in total. The van der Waals surface area contributed by atoms with Crippen molar-refractivity contribution in [2.24, 2.45) is 0 Å². The molecule has 0 amide bonds. The van der Waals surface area contributed by atoms with Crippen molar-refractivity contribution in [3.8, 4) is 19.5 Å². The zero-order chi connectivity index (χ0) is 14.2. The fraction of sp³-hybridized carbons (Fsp3) is 0.294. The summed E-state index contributed by atoms with van der Waals surface area (Å²) < 4.78 is 0. The molecule has 3 aromatic heterocycles. The molecule has 0 aliphatic rings. The van der Waals surface area contributed by atoms with Crippen LogP contribution in [0.5, 0.6) is 0 Å². The third kappa shape index (κ3) is 2.62. The fourth-order valence-electron chi connectivity index (χ4n) is 2.03. The summed E-state index contributed by atoms with van der Waals surface area (Å²) in [7, 11) is 0. The Morgan fingerprint density at radius 2 is 1.50 bits per heavy atom. The minimum Gasteiger partial charge on any atom is -0.143 e. The standard InChI is InChI=1S/C17H18S3/c1-4-17(2,3)16-10-9-15(20-16)14-8-7-13(19-14)12-6-5-11-18-12/h5-11H,4H2,1-3H3. The summed E-state index contributed by atoms with van der Waals surface area (Å²) in [6.07, 6.45) is 1.18. The minimum absolute atomic E-state index is 0.288. The summed E-state index contributed by atoms with van der Waals surface area (Å²) in [6, 6.07) is 13.4. The maximum atomic E-state index is 2.33. The molecule has 0 atom stereocenters. The van der Waals surface area contributed by atoms with E-state index in [9.17, 15) is 0 Å². The minimum atomic E-state index is 0.288. The Morgan fingerprint density at radius 1 is 0.850 bits per heavy atom. The smallest absolute Gasteiger partial charge is 0.0449 e. The monoisotopic (exact) mass is 318 g/mol. The summed E-state index contributed by atoms with van der Waals surface area (Å²) in [4.78, 5) is 7.01. The van der Waals surface area contributed by atoms with E-state index in [4.69, 9.17) is 0 Å². The number of rotatable bonds is 4. The lowest BCUT2D eigenvalue weighted by Crippen LogP contribution is -2.12. The summed E-state index contributed by atoms with van der Waals surface area (Å²) in [5, 5.41) is 2.14. The SMILES string of the molecule is CCC(C)(C)c1ccc(-c2ccc(-c3cccs3)s2)s1. The van der Waals surface area contributed by atoms with E-state index >= 15 is 0 Å². The third-order valence-corrected chi connectivity index (χ3v) is 7.57. The molecule has 3 aromatic rings. The van der Waals surface area contributed by atoms with Gasteiger partial charge in [0.05, 0.1) is 0 Å². The summed E-state index contributed by atoms with van der Waals surface area (Å²) in [5.41, 5.74) is 0.288. The average molecular weight is 319 g/mol. The molecule has 3 heterocycles. The maximum absolute atomic E-state index is 2.33. The Kier molecular flexibility index (Phi) is 3.85. The van der Waals surface area contributed by atoms with Crippen LogP contribution in [0.2, 0.25) is 0 Å². The Labute approximate surface area is 132 Å². The van der Waals surface area contributed by atoms with Gasteiger partial charge in [-0.25, -0.2) is 0 Å². The van der Waals surface area contributed by atoms with E-state index in [1.165, 1.54) is 30.8 Å². The second kappa shape index (κ2) is 5.47. The molecular formula is C17H18S3. The van der Waals surface area contributed by atoms with Crippen LogP contribution in [0.1, 0.15) is 32.1 Å². The maximum Gasteiger partial charge on any atom is 0.0449 e. The molecule has 20 heavy (non-hydrogen) atoms. The molecular weight excluding hydrogens is 300 g/mol. The van der Waals surface area contributed by atoms with Gasteiger partial charge in [-0.05, 0) is 47.5 Å². The Hall–Kier alpha value is -0.900. The lowest BCUT2D eigenvalue weighted by Gasteiger charge is -2.20. The first-order chi connectivity index (χ1) is 9.60. The second-order valence-corrected chi connectivity index (χ2v) is 8.66. The van der Waals surface area contributed by atoms with Gasteiger partial charge in [0.15, 0.2) is 0 Å². The highest BCUT2D eigenvalue weighted by molar-refractivity contribution is 7.26. The van der Waals surface area contributed by atoms with Gasteiger partial charge in [-0.3, -0.25) is 0 Å². The fourth-order valence-corrected chi connectivity index (χ4v) is 5.14. The van der Waals surface area contributed by atoms with Crippen LogP contribution in [0.4, 0.5) is 0 Å². The summed E-state index contributed by atoms with van der Waals surface area (Å²) in [5.74, 6) is 0. The molecule has 3 rings (SSSR count). The first kappa shape index (κ1) is 14.1. The first-order valence-electron chi connectivity index (χ1n) is 6.84. The van der Waals surface area contributed by atoms with E-state index in [2.05, 4.69) is 62.5 Å². The van der Waals surface area contributed by atoms with E-state index in [1.54, 1.807) is 0 Å². The van der Waals surface area contributed by atoms with E-state index in [1.807, 2.05) is 34.0 Å². The van der Waals surface area contributed by atoms with Crippen LogP contribution in [0.25, 0.3) is 19.5 Å². The molecule has 0 spiro atoms. The number of hydrogen-bond donors (Lipinski definition) is 0. The van der Waals surface area contributed by atoms with Crippen LogP contribution in [0.3, 0.4) is 0 Å². The van der Waals surface area contributed by atoms with E-state index in [0.717, 1.165) is 0 Å². The zero-order valence-electron chi connectivity index (χ0n) is 12.0. The van der Waals surface area contributed by atoms with Gasteiger partial charge in [-0.15, -0.1) is 34.0 Å². The van der Waals surface area contributed by atoms with E-state index in [-0.39, 0.29) is 5.41 Å². The Morgan fingerprint density at radius 3 is 2.15 bits per heavy atom. The number of thiophene rings is 3. The van der Waals surface area contributed by atoms with Crippen LogP contribution in [-0.4, -0.2) is 0 Å². The highest BCUT2D eigenvalue weighted by Gasteiger charge is 2.20. The van der Waals surface area contributed by atoms with Gasteiger partial charge in [-0.2, -0.15) is 0 Å². The topological polar surface area (TPSA) is 0 Å². The Balaban J connectivity index is 1.91. The normalized spacial score (nSPS) is 11.9. The van der Waals surface area contributed by atoms with Crippen molar-refractivity contribution in [3.63, 3.8) is 0 Å². The second-order valence-electron chi connectivity index (χ2n) is 5.54. The van der Waals surface area contributed by atoms with Crippen molar-refractivity contribution in [3.05, 3.63) is 46.7 Å². The summed E-state index contributed by atoms with van der Waals surface area (Å²) >= 11 is 5.65. The molecule has 0 aliphatic heterocycles. The molecule has 0 saturated heterocycles. The van der Waals surface area contributed by atoms with E-state index < -0.39 is 0 Å². The Bertz CT molecular complexity index is 683. The van der Waals surface area contributed by atoms with Crippen molar-refractivity contribution < 1.29 is 0 Å². The van der Waals surface area contributed by atoms with Gasteiger partial charge in [0, 0.05) is 24.4 Å². The van der Waals surface area contributed by atoms with Crippen molar-refractivity contribution in [1.82, 2.24) is 0 Å². The molecule has 0 bridgehead atoms. The molecule has 104 valence electrons. The van der Waals surface area contributed by atoms with Crippen molar-refractivity contribution in [2.75, 3.05) is 0 Å². The van der Waals surface area contributed by atoms with Gasteiger partial charge < -0.3 is 0 Å². The largest absolute Gasteiger partial charge is 0.143 e. The van der Waals surface area contributed by atoms with Gasteiger partial charge in [0.25, 0.3) is 0 Å². The van der Waals surface area contributed by atoms with Gasteiger partial charge in [0.2, 0.25) is 0 Å². The van der Waals surface area contributed by atoms with Gasteiger partial charge in [-0.1, -0.05) is 26.8 Å². The van der Waals surface area contributed by atoms with Crippen LogP contribution in [0.15, 0.2) is 41.8 Å². The lowest BCUT2D eigenvalue weighted by atomic mass is 9.89. The predicted molar refractivity (Wildman–Crippen MR) is 94.3 cm³/mol. The van der Waals surface area contributed by atoms with Crippen LogP contribution in [-0.2, 0) is 5.41 Å². The first-order valence-corrected chi connectivity index (χ1v) is 9.36. The third-order valence-electron chi connectivity index (χ3n) is 3.77. The zero-order valence-corrected chi connectivity index (χ0v) is 14.4. The van der Waals surface area contributed by atoms with Crippen molar-refractivity contribution >= 4 is 34.0 Å². The van der Waals surface area contributed by atoms with Crippen LogP contribution in [0, 0.1) is 0 Å². The molecule has 3 heteroatoms. The predicted octanol–water partition coefficient (Wildman–Crippen LogP) is 6.89. The molecule has 0 fully saturated rings. The molecule has 0 unspecified atom stereocenters. The molecule has 0 radical (unpaired) electrons. The van der Waals surface area contributed by atoms with Crippen LogP contribution < -0.4 is 0 Å². The van der Waals surface area contributed by atoms with Crippen LogP contribution >= 0.6 is 34.0 Å². The lowest BCUT2D eigenvalue weighted by molar-refractivity contribution is 0.517. The van der Waals surface area contributed by atoms with Gasteiger partial charge in [0.1, 0.15) is 0 Å². The molecule has 0 aromatic carbocycles. The number of hydrogen-bond acceptors (Lipinski definition) is 3. The summed E-state index contributed by atoms with van der Waals surface area (Å²) in [6.45, 7) is 6.92. The highest BCUT2D eigenvalue weighted by atomic mass is 32.1. The molecule has 0 saturated carbocycles. The highest BCUT2D eigenvalue weighted by Crippen LogP contribution is 2.41. The quantitative estimate of drug-likeness (QED) is 0.491. The van der Waals surface area contributed by atoms with E-state index in [0.29, 0.717) is 0 Å². The van der Waals surface area contributed by atoms with Crippen molar-refractivity contribution in [2.45, 2.75) is 32.6 Å².